The first-order chi connectivity index (χ1) is 4.36. The van der Waals surface area contributed by atoms with Crippen molar-refractivity contribution >= 4 is 0 Å². The first kappa shape index (κ1) is 11.9. The third-order valence-corrected chi connectivity index (χ3v) is 0.308. The van der Waals surface area contributed by atoms with Crippen LogP contribution in [0.5, 0.6) is 0 Å². The number of rotatable bonds is 0. The number of halogens is 4. The Balaban J connectivity index is 0. The summed E-state index contributed by atoms with van der Waals surface area (Å²) in [5, 5.41) is 0. The first-order valence-corrected chi connectivity index (χ1v) is 2.35. The third-order valence-electron chi connectivity index (χ3n) is 0.308. The van der Waals surface area contributed by atoms with Gasteiger partial charge in [-0.1, -0.05) is 12.7 Å². The van der Waals surface area contributed by atoms with Gasteiger partial charge in [0.05, 0.1) is 0 Å². The lowest BCUT2D eigenvalue weighted by Crippen LogP contribution is -2.05. The normalized spacial score (nSPS) is 9.30. The van der Waals surface area contributed by atoms with Crippen molar-refractivity contribution in [3.8, 4) is 0 Å². The van der Waals surface area contributed by atoms with Crippen LogP contribution >= 0.6 is 0 Å². The summed E-state index contributed by atoms with van der Waals surface area (Å²) in [6.45, 7) is 7.28. The van der Waals surface area contributed by atoms with Crippen LogP contribution in [0.1, 0.15) is 6.92 Å². The molecule has 0 rings (SSSR count). The van der Waals surface area contributed by atoms with Crippen molar-refractivity contribution in [3.63, 3.8) is 0 Å². The zero-order valence-corrected chi connectivity index (χ0v) is 5.50. The average molecular weight is 156 g/mol. The quantitative estimate of drug-likeness (QED) is 0.373. The van der Waals surface area contributed by atoms with Crippen LogP contribution < -0.4 is 0 Å². The molecule has 60 valence electrons. The summed E-state index contributed by atoms with van der Waals surface area (Å²) in [4.78, 5) is 0. The smallest absolute Gasteiger partial charge is 0.202 e. The molecule has 0 saturated heterocycles. The molecule has 0 aliphatic carbocycles. The molecule has 0 radical (unpaired) electrons. The second-order valence-corrected chi connectivity index (χ2v) is 1.31. The zero-order chi connectivity index (χ0) is 8.78. The molecule has 0 bridgehead atoms. The SMILES string of the molecule is C=C(F)C(F)(F)F.C=CC. The predicted octanol–water partition coefficient (Wildman–Crippen LogP) is 3.22. The Labute approximate surface area is 56.9 Å². The molecule has 0 aliphatic heterocycles. The van der Waals surface area contributed by atoms with Crippen LogP contribution in [0.15, 0.2) is 25.1 Å². The maximum absolute atomic E-state index is 10.9. The molecule has 4 heteroatoms. The van der Waals surface area contributed by atoms with E-state index in [0.717, 1.165) is 0 Å². The van der Waals surface area contributed by atoms with E-state index in [1.54, 1.807) is 6.08 Å². The van der Waals surface area contributed by atoms with Gasteiger partial charge in [0.25, 0.3) is 0 Å². The summed E-state index contributed by atoms with van der Waals surface area (Å²) in [5.74, 6) is -2.26. The van der Waals surface area contributed by atoms with Crippen LogP contribution in [-0.4, -0.2) is 6.18 Å². The second-order valence-electron chi connectivity index (χ2n) is 1.31. The lowest BCUT2D eigenvalue weighted by Gasteiger charge is -1.97. The van der Waals surface area contributed by atoms with Crippen molar-refractivity contribution in [2.75, 3.05) is 0 Å². The summed E-state index contributed by atoms with van der Waals surface area (Å²) < 4.78 is 43.0. The number of allylic oxidation sites excluding steroid dienone is 2. The van der Waals surface area contributed by atoms with Gasteiger partial charge in [-0.3, -0.25) is 0 Å². The molecule has 0 unspecified atom stereocenters. The van der Waals surface area contributed by atoms with Crippen LogP contribution in [0.4, 0.5) is 17.6 Å². The van der Waals surface area contributed by atoms with Gasteiger partial charge >= 0.3 is 6.18 Å². The monoisotopic (exact) mass is 156 g/mol. The van der Waals surface area contributed by atoms with E-state index in [1.165, 1.54) is 0 Å². The highest BCUT2D eigenvalue weighted by atomic mass is 19.4. The minimum absolute atomic E-state index is 1.75. The van der Waals surface area contributed by atoms with Crippen molar-refractivity contribution in [2.45, 2.75) is 13.1 Å². The van der Waals surface area contributed by atoms with Gasteiger partial charge in [0.2, 0.25) is 0 Å². The second kappa shape index (κ2) is 5.02. The van der Waals surface area contributed by atoms with Crippen molar-refractivity contribution in [3.05, 3.63) is 25.1 Å². The van der Waals surface area contributed by atoms with Gasteiger partial charge in [0, 0.05) is 0 Å². The van der Waals surface area contributed by atoms with Crippen LogP contribution in [0, 0.1) is 0 Å². The fraction of sp³-hybridized carbons (Fsp3) is 0.333. The van der Waals surface area contributed by atoms with E-state index in [9.17, 15) is 17.6 Å². The number of alkyl halides is 3. The Kier molecular flexibility index (Phi) is 5.99. The van der Waals surface area contributed by atoms with Crippen molar-refractivity contribution in [1.29, 1.82) is 0 Å². The van der Waals surface area contributed by atoms with Gasteiger partial charge in [-0.2, -0.15) is 13.2 Å². The van der Waals surface area contributed by atoms with Crippen molar-refractivity contribution in [1.82, 2.24) is 0 Å². The molecule has 0 amide bonds. The average Bonchev–Trinajstić information content (AvgIpc) is 1.64. The zero-order valence-electron chi connectivity index (χ0n) is 5.50. The molecule has 0 nitrogen and oxygen atoms in total. The Bertz CT molecular complexity index is 111. The van der Waals surface area contributed by atoms with Gasteiger partial charge in [-0.05, 0) is 6.92 Å². The molecule has 0 saturated carbocycles. The fourth-order valence-electron chi connectivity index (χ4n) is 0. The van der Waals surface area contributed by atoms with E-state index < -0.39 is 12.0 Å². The largest absolute Gasteiger partial charge is 0.442 e. The highest BCUT2D eigenvalue weighted by Crippen LogP contribution is 2.23. The molecule has 10 heavy (non-hydrogen) atoms. The topological polar surface area (TPSA) is 0 Å². The summed E-state index contributed by atoms with van der Waals surface area (Å²) in [6.07, 6.45) is -3.11. The van der Waals surface area contributed by atoms with E-state index in [1.807, 2.05) is 13.5 Å². The first-order valence-electron chi connectivity index (χ1n) is 2.35. The summed E-state index contributed by atoms with van der Waals surface area (Å²) in [5.41, 5.74) is 0. The van der Waals surface area contributed by atoms with Gasteiger partial charge in [0.1, 0.15) is 0 Å². The summed E-state index contributed by atoms with van der Waals surface area (Å²) in [7, 11) is 0. The number of hydrogen-bond acceptors (Lipinski definition) is 0. The molecule has 0 fully saturated rings. The van der Waals surface area contributed by atoms with Crippen molar-refractivity contribution in [2.24, 2.45) is 0 Å². The third kappa shape index (κ3) is 10.2. The minimum Gasteiger partial charge on any atom is -0.202 e. The molecule has 0 aromatic heterocycles. The lowest BCUT2D eigenvalue weighted by molar-refractivity contribution is -0.108. The van der Waals surface area contributed by atoms with Crippen molar-refractivity contribution < 1.29 is 17.6 Å². The highest BCUT2D eigenvalue weighted by Gasteiger charge is 2.32. The molecule has 0 aromatic carbocycles. The fourth-order valence-corrected chi connectivity index (χ4v) is 0. The standard InChI is InChI=1S/C3H2F4.C3H6/c1-2(4)3(5,6)7;1-3-2/h1H2;3H,1H2,2H3. The number of hydrogen-bond donors (Lipinski definition) is 0. The van der Waals surface area contributed by atoms with E-state index in [4.69, 9.17) is 0 Å². The summed E-state index contributed by atoms with van der Waals surface area (Å²) >= 11 is 0. The Morgan fingerprint density at radius 3 is 1.50 bits per heavy atom. The molecule has 0 spiro atoms. The highest BCUT2D eigenvalue weighted by molar-refractivity contribution is 4.88. The van der Waals surface area contributed by atoms with Gasteiger partial charge < -0.3 is 0 Å². The van der Waals surface area contributed by atoms with Crippen LogP contribution in [0.2, 0.25) is 0 Å². The van der Waals surface area contributed by atoms with Gasteiger partial charge in [-0.25, -0.2) is 4.39 Å². The maximum atomic E-state index is 10.9. The molecular formula is C6H8F4. The molecule has 0 N–H and O–H groups in total. The van der Waals surface area contributed by atoms with Gasteiger partial charge in [-0.15, -0.1) is 6.58 Å². The van der Waals surface area contributed by atoms with Crippen LogP contribution in [0.3, 0.4) is 0 Å². The molecule has 0 atom stereocenters. The molecule has 0 heterocycles. The van der Waals surface area contributed by atoms with E-state index in [-0.39, 0.29) is 0 Å². The van der Waals surface area contributed by atoms with E-state index in [0.29, 0.717) is 0 Å². The van der Waals surface area contributed by atoms with Crippen LogP contribution in [0.25, 0.3) is 0 Å². The lowest BCUT2D eigenvalue weighted by atomic mass is 10.6. The van der Waals surface area contributed by atoms with Crippen LogP contribution in [-0.2, 0) is 0 Å². The molecule has 0 aromatic rings. The van der Waals surface area contributed by atoms with Gasteiger partial charge in [0.15, 0.2) is 5.83 Å². The van der Waals surface area contributed by atoms with E-state index >= 15 is 0 Å². The Morgan fingerprint density at radius 2 is 1.50 bits per heavy atom. The Hall–Kier alpha value is -0.800. The summed E-state index contributed by atoms with van der Waals surface area (Å²) in [6, 6.07) is 0. The molecule has 0 aliphatic rings. The maximum Gasteiger partial charge on any atom is 0.442 e. The Morgan fingerprint density at radius 1 is 1.40 bits per heavy atom. The minimum atomic E-state index is -4.86. The molecular weight excluding hydrogens is 148 g/mol. The van der Waals surface area contributed by atoms with E-state index in [2.05, 4.69) is 6.58 Å². The predicted molar refractivity (Wildman–Crippen MR) is 32.2 cm³/mol.